The minimum absolute atomic E-state index is 0.0486. The Balaban J connectivity index is 1.66. The monoisotopic (exact) mass is 538 g/mol. The Kier molecular flexibility index (Phi) is 10.1. The van der Waals surface area contributed by atoms with Crippen molar-refractivity contribution in [2.75, 3.05) is 0 Å². The quantitative estimate of drug-likeness (QED) is 0.150. The van der Waals surface area contributed by atoms with Gasteiger partial charge in [0, 0.05) is 0 Å². The highest BCUT2D eigenvalue weighted by Crippen LogP contribution is 2.37. The van der Waals surface area contributed by atoms with Gasteiger partial charge in [0.05, 0.1) is 5.56 Å². The summed E-state index contributed by atoms with van der Waals surface area (Å²) in [5, 5.41) is 0. The summed E-state index contributed by atoms with van der Waals surface area (Å²) in [6.07, 6.45) is -1.11. The number of hydrogen-bond donors (Lipinski definition) is 0. The molecular weight excluding hydrogens is 506 g/mol. The van der Waals surface area contributed by atoms with Gasteiger partial charge in [-0.15, -0.1) is 0 Å². The third-order valence-electron chi connectivity index (χ3n) is 6.14. The van der Waals surface area contributed by atoms with E-state index >= 15 is 0 Å². The lowest BCUT2D eigenvalue weighted by atomic mass is 10.0. The first-order valence-corrected chi connectivity index (χ1v) is 12.9. The second kappa shape index (κ2) is 13.1. The zero-order valence-electron chi connectivity index (χ0n) is 21.5. The van der Waals surface area contributed by atoms with Crippen molar-refractivity contribution >= 4 is 0 Å². The van der Waals surface area contributed by atoms with Gasteiger partial charge in [0.1, 0.15) is 28.7 Å². The lowest BCUT2D eigenvalue weighted by Gasteiger charge is -2.21. The van der Waals surface area contributed by atoms with Crippen LogP contribution >= 0.6 is 0 Å². The standard InChI is InChI=1S/C30H32F6O2/c1-3-5-7-8-10-21-11-15-24(16-12-21)37-29(33,34)23-13-17-25(18-14-23)38-30(35,36)28-26(31)19-22(9-6-4-2)20-27(28)32/h11-20H,3-10H2,1-2H3. The van der Waals surface area contributed by atoms with Crippen molar-refractivity contribution in [3.05, 3.63) is 94.6 Å². The second-order valence-electron chi connectivity index (χ2n) is 9.25. The topological polar surface area (TPSA) is 18.5 Å². The third-order valence-corrected chi connectivity index (χ3v) is 6.14. The molecule has 0 aliphatic rings. The normalized spacial score (nSPS) is 12.0. The van der Waals surface area contributed by atoms with E-state index in [1.54, 1.807) is 12.1 Å². The van der Waals surface area contributed by atoms with Crippen LogP contribution < -0.4 is 9.47 Å². The SMILES string of the molecule is CCCCCCc1ccc(OC(F)(F)c2ccc(OC(F)(F)c3c(F)cc(CCCC)cc3F)cc2)cc1. The van der Waals surface area contributed by atoms with Crippen LogP contribution in [0, 0.1) is 11.6 Å². The summed E-state index contributed by atoms with van der Waals surface area (Å²) >= 11 is 0. The van der Waals surface area contributed by atoms with Gasteiger partial charge in [0.15, 0.2) is 0 Å². The van der Waals surface area contributed by atoms with Crippen molar-refractivity contribution in [2.24, 2.45) is 0 Å². The molecule has 0 saturated heterocycles. The lowest BCUT2D eigenvalue weighted by molar-refractivity contribution is -0.190. The van der Waals surface area contributed by atoms with E-state index in [-0.39, 0.29) is 11.3 Å². The van der Waals surface area contributed by atoms with Gasteiger partial charge in [-0.2, -0.15) is 17.6 Å². The zero-order chi connectivity index (χ0) is 27.8. The molecule has 0 aliphatic carbocycles. The predicted molar refractivity (Wildman–Crippen MR) is 135 cm³/mol. The highest BCUT2D eigenvalue weighted by atomic mass is 19.3. The second-order valence-corrected chi connectivity index (χ2v) is 9.25. The van der Waals surface area contributed by atoms with Crippen LogP contribution in [0.15, 0.2) is 60.7 Å². The fraction of sp³-hybridized carbons (Fsp3) is 0.400. The maximum Gasteiger partial charge on any atom is 0.432 e. The molecule has 0 aliphatic heterocycles. The zero-order valence-corrected chi connectivity index (χ0v) is 21.5. The molecule has 0 atom stereocenters. The molecule has 8 heteroatoms. The van der Waals surface area contributed by atoms with Gasteiger partial charge in [0.2, 0.25) is 0 Å². The average molecular weight is 539 g/mol. The largest absolute Gasteiger partial charge is 0.432 e. The van der Waals surface area contributed by atoms with Crippen molar-refractivity contribution in [1.29, 1.82) is 0 Å². The number of hydrogen-bond acceptors (Lipinski definition) is 2. The Labute approximate surface area is 219 Å². The van der Waals surface area contributed by atoms with E-state index in [2.05, 4.69) is 11.7 Å². The molecule has 0 unspecified atom stereocenters. The fourth-order valence-electron chi connectivity index (χ4n) is 4.03. The molecule has 0 N–H and O–H groups in total. The third kappa shape index (κ3) is 7.92. The minimum Gasteiger partial charge on any atom is -0.429 e. The molecule has 0 aromatic heterocycles. The van der Waals surface area contributed by atoms with Crippen molar-refractivity contribution < 1.29 is 35.8 Å². The average Bonchev–Trinajstić information content (AvgIpc) is 2.85. The van der Waals surface area contributed by atoms with Crippen LogP contribution in [-0.4, -0.2) is 0 Å². The van der Waals surface area contributed by atoms with E-state index in [0.717, 1.165) is 80.5 Å². The van der Waals surface area contributed by atoms with Crippen LogP contribution in [-0.2, 0) is 25.1 Å². The van der Waals surface area contributed by atoms with Gasteiger partial charge < -0.3 is 9.47 Å². The number of alkyl halides is 4. The molecule has 0 radical (unpaired) electrons. The van der Waals surface area contributed by atoms with E-state index < -0.39 is 40.7 Å². The van der Waals surface area contributed by atoms with E-state index in [4.69, 9.17) is 4.74 Å². The number of rotatable bonds is 14. The van der Waals surface area contributed by atoms with Crippen LogP contribution in [0.4, 0.5) is 26.3 Å². The summed E-state index contributed by atoms with van der Waals surface area (Å²) < 4.78 is 96.8. The van der Waals surface area contributed by atoms with Crippen molar-refractivity contribution in [1.82, 2.24) is 0 Å². The minimum atomic E-state index is -4.36. The fourth-order valence-corrected chi connectivity index (χ4v) is 4.03. The molecule has 38 heavy (non-hydrogen) atoms. The van der Waals surface area contributed by atoms with Crippen molar-refractivity contribution in [3.63, 3.8) is 0 Å². The molecule has 3 rings (SSSR count). The predicted octanol–water partition coefficient (Wildman–Crippen LogP) is 9.69. The first-order chi connectivity index (χ1) is 18.1. The van der Waals surface area contributed by atoms with Gasteiger partial charge in [-0.25, -0.2) is 8.78 Å². The number of ether oxygens (including phenoxy) is 2. The Bertz CT molecular complexity index is 1140. The smallest absolute Gasteiger partial charge is 0.429 e. The highest BCUT2D eigenvalue weighted by molar-refractivity contribution is 5.34. The number of halogens is 6. The molecule has 0 spiro atoms. The van der Waals surface area contributed by atoms with Crippen LogP contribution in [0.25, 0.3) is 0 Å². The summed E-state index contributed by atoms with van der Waals surface area (Å²) in [7, 11) is 0. The van der Waals surface area contributed by atoms with E-state index in [1.165, 1.54) is 12.1 Å². The number of aryl methyl sites for hydroxylation is 2. The Morgan fingerprint density at radius 1 is 0.579 bits per heavy atom. The number of benzene rings is 3. The molecule has 206 valence electrons. The lowest BCUT2D eigenvalue weighted by Crippen LogP contribution is -2.25. The molecule has 0 saturated carbocycles. The molecule has 0 bridgehead atoms. The maximum absolute atomic E-state index is 14.7. The van der Waals surface area contributed by atoms with Gasteiger partial charge >= 0.3 is 12.2 Å². The Hall–Kier alpha value is -3.16. The summed E-state index contributed by atoms with van der Waals surface area (Å²) in [6.45, 7) is 4.02. The van der Waals surface area contributed by atoms with Crippen molar-refractivity contribution in [3.8, 4) is 11.5 Å². The summed E-state index contributed by atoms with van der Waals surface area (Å²) in [5.74, 6) is -3.47. The van der Waals surface area contributed by atoms with Crippen LogP contribution in [0.3, 0.4) is 0 Å². The van der Waals surface area contributed by atoms with Gasteiger partial charge in [-0.1, -0.05) is 51.7 Å². The van der Waals surface area contributed by atoms with Gasteiger partial charge in [-0.3, -0.25) is 0 Å². The van der Waals surface area contributed by atoms with Gasteiger partial charge in [0.25, 0.3) is 0 Å². The van der Waals surface area contributed by atoms with Crippen LogP contribution in [0.5, 0.6) is 11.5 Å². The highest BCUT2D eigenvalue weighted by Gasteiger charge is 2.41. The molecular formula is C30H32F6O2. The summed E-state index contributed by atoms with van der Waals surface area (Å²) in [5.41, 5.74) is -0.865. The van der Waals surface area contributed by atoms with E-state index in [0.29, 0.717) is 12.8 Å². The first-order valence-electron chi connectivity index (χ1n) is 12.9. The van der Waals surface area contributed by atoms with Crippen LogP contribution in [0.1, 0.15) is 74.6 Å². The molecule has 3 aromatic rings. The molecule has 2 nitrogen and oxygen atoms in total. The van der Waals surface area contributed by atoms with Crippen LogP contribution in [0.2, 0.25) is 0 Å². The molecule has 0 fully saturated rings. The summed E-state index contributed by atoms with van der Waals surface area (Å²) in [4.78, 5) is 0. The van der Waals surface area contributed by atoms with E-state index in [1.807, 2.05) is 6.92 Å². The number of unbranched alkanes of at least 4 members (excludes halogenated alkanes) is 4. The molecule has 3 aromatic carbocycles. The van der Waals surface area contributed by atoms with Gasteiger partial charge in [-0.05, 0) is 85.3 Å². The molecule has 0 amide bonds. The Morgan fingerprint density at radius 3 is 1.63 bits per heavy atom. The molecule has 0 heterocycles. The van der Waals surface area contributed by atoms with Crippen molar-refractivity contribution in [2.45, 2.75) is 77.4 Å². The maximum atomic E-state index is 14.7. The summed E-state index contributed by atoms with van der Waals surface area (Å²) in [6, 6.07) is 11.5. The Morgan fingerprint density at radius 2 is 1.08 bits per heavy atom. The first kappa shape index (κ1) is 29.4. The van der Waals surface area contributed by atoms with E-state index in [9.17, 15) is 26.3 Å².